The van der Waals surface area contributed by atoms with Crippen LogP contribution in [-0.2, 0) is 9.59 Å². The number of unbranched alkanes of at least 4 members (excludes halogenated alkanes) is 8. The van der Waals surface area contributed by atoms with Gasteiger partial charge in [-0.15, -0.1) is 0 Å². The molecule has 0 bridgehead atoms. The average molecular weight is 464 g/mol. The lowest BCUT2D eigenvalue weighted by Crippen LogP contribution is -2.72. The quantitative estimate of drug-likeness (QED) is 0.173. The Labute approximate surface area is 195 Å². The lowest BCUT2D eigenvalue weighted by atomic mass is 9.76. The van der Waals surface area contributed by atoms with Gasteiger partial charge in [-0.1, -0.05) is 105 Å². The molecule has 4 nitrogen and oxygen atoms in total. The van der Waals surface area contributed by atoms with Gasteiger partial charge in [0, 0.05) is 23.6 Å². The molecule has 176 valence electrons. The van der Waals surface area contributed by atoms with Crippen LogP contribution in [0.5, 0.6) is 0 Å². The predicted molar refractivity (Wildman–Crippen MR) is 127 cm³/mol. The van der Waals surface area contributed by atoms with Gasteiger partial charge in [0.15, 0.2) is 0 Å². The first-order chi connectivity index (χ1) is 14.4. The Morgan fingerprint density at radius 2 is 0.767 bits per heavy atom. The highest BCUT2D eigenvalue weighted by Crippen LogP contribution is 2.46. The van der Waals surface area contributed by atoms with Crippen LogP contribution in [0.4, 0.5) is 0 Å². The highest BCUT2D eigenvalue weighted by Gasteiger charge is 2.61. The molecular formula is C24H44Cl2N2O2. The zero-order valence-corrected chi connectivity index (χ0v) is 21.3. The Kier molecular flexibility index (Phi) is 12.7. The summed E-state index contributed by atoms with van der Waals surface area (Å²) >= 11 is 13.6. The maximum Gasteiger partial charge on any atom is 0.265 e. The highest BCUT2D eigenvalue weighted by molar-refractivity contribution is 6.32. The number of rotatable bonds is 16. The monoisotopic (exact) mass is 462 g/mol. The summed E-state index contributed by atoms with van der Waals surface area (Å²) in [6.45, 7) is 8.54. The Morgan fingerprint density at radius 1 is 0.533 bits per heavy atom. The number of nitrogens with zero attached hydrogens (tertiary/aromatic N) is 2. The van der Waals surface area contributed by atoms with Gasteiger partial charge < -0.3 is 0 Å². The fourth-order valence-corrected chi connectivity index (χ4v) is 5.46. The van der Waals surface area contributed by atoms with Gasteiger partial charge in [0.2, 0.25) is 0 Å². The van der Waals surface area contributed by atoms with Crippen molar-refractivity contribution in [1.29, 1.82) is 0 Å². The van der Waals surface area contributed by atoms with Gasteiger partial charge in [0.25, 0.3) is 11.8 Å². The van der Waals surface area contributed by atoms with Gasteiger partial charge in [0.1, 0.15) is 11.1 Å². The first-order valence-electron chi connectivity index (χ1n) is 12.4. The summed E-state index contributed by atoms with van der Waals surface area (Å²) in [6.07, 6.45) is 14.1. The van der Waals surface area contributed by atoms with Gasteiger partial charge >= 0.3 is 0 Å². The molecule has 0 unspecified atom stereocenters. The zero-order valence-electron chi connectivity index (χ0n) is 19.8. The van der Waals surface area contributed by atoms with E-state index in [1.54, 1.807) is 0 Å². The molecule has 30 heavy (non-hydrogen) atoms. The summed E-state index contributed by atoms with van der Waals surface area (Å²) in [7, 11) is 0. The molecule has 0 aliphatic carbocycles. The third-order valence-electron chi connectivity index (χ3n) is 6.68. The third-order valence-corrected chi connectivity index (χ3v) is 7.63. The minimum atomic E-state index is -1.01. The number of hydrogen-bond acceptors (Lipinski definition) is 2. The number of carbonyl (C=O) groups is 2. The highest BCUT2D eigenvalue weighted by atomic mass is 35.5. The van der Waals surface area contributed by atoms with Crippen molar-refractivity contribution in [2.75, 3.05) is 0 Å². The van der Waals surface area contributed by atoms with E-state index in [4.69, 9.17) is 23.6 Å². The van der Waals surface area contributed by atoms with Crippen LogP contribution in [0.1, 0.15) is 130 Å². The molecular weight excluding hydrogens is 419 g/mol. The van der Waals surface area contributed by atoms with Crippen LogP contribution < -0.4 is 0 Å². The van der Waals surface area contributed by atoms with Gasteiger partial charge in [-0.05, 0) is 25.7 Å². The first-order valence-corrected chi connectivity index (χ1v) is 13.1. The third kappa shape index (κ3) is 6.28. The second-order valence-electron chi connectivity index (χ2n) is 9.06. The summed E-state index contributed by atoms with van der Waals surface area (Å²) < 4.78 is 2.61. The predicted octanol–water partition coefficient (Wildman–Crippen LogP) is 7.76. The Balaban J connectivity index is 3.26. The van der Waals surface area contributed by atoms with Crippen LogP contribution in [0, 0.1) is 0 Å². The van der Waals surface area contributed by atoms with E-state index in [-0.39, 0.29) is 11.8 Å². The molecule has 1 aliphatic heterocycles. The number of amides is 2. The zero-order chi connectivity index (χ0) is 22.6. The lowest BCUT2D eigenvalue weighted by molar-refractivity contribution is -0.167. The second kappa shape index (κ2) is 13.8. The SMILES string of the molecule is CCCCCC1(CCCCC)C(=O)N(Cl)C(CCCCC)(CCCCC)C(=O)N1Cl. The van der Waals surface area contributed by atoms with Crippen molar-refractivity contribution < 1.29 is 9.59 Å². The van der Waals surface area contributed by atoms with Crippen molar-refractivity contribution >= 4 is 35.4 Å². The molecule has 0 atom stereocenters. The summed E-state index contributed by atoms with van der Waals surface area (Å²) in [5.74, 6) is -0.335. The lowest BCUT2D eigenvalue weighted by Gasteiger charge is -2.53. The van der Waals surface area contributed by atoms with Crippen LogP contribution >= 0.6 is 23.6 Å². The number of piperazine rings is 1. The normalized spacial score (nSPS) is 18.3. The van der Waals surface area contributed by atoms with Crippen molar-refractivity contribution in [3.05, 3.63) is 0 Å². The van der Waals surface area contributed by atoms with E-state index in [1.165, 1.54) is 8.84 Å². The molecule has 0 saturated carbocycles. The van der Waals surface area contributed by atoms with Crippen molar-refractivity contribution in [2.45, 2.75) is 142 Å². The Morgan fingerprint density at radius 3 is 0.967 bits per heavy atom. The van der Waals surface area contributed by atoms with Crippen molar-refractivity contribution in [3.63, 3.8) is 0 Å². The van der Waals surface area contributed by atoms with E-state index in [1.807, 2.05) is 0 Å². The topological polar surface area (TPSA) is 40.6 Å². The molecule has 0 N–H and O–H groups in total. The van der Waals surface area contributed by atoms with Crippen molar-refractivity contribution in [2.24, 2.45) is 0 Å². The molecule has 2 amide bonds. The van der Waals surface area contributed by atoms with Crippen molar-refractivity contribution in [1.82, 2.24) is 8.84 Å². The van der Waals surface area contributed by atoms with E-state index in [0.717, 1.165) is 77.0 Å². The van der Waals surface area contributed by atoms with E-state index < -0.39 is 11.1 Å². The molecule has 1 saturated heterocycles. The number of hydrogen-bond donors (Lipinski definition) is 0. The van der Waals surface area contributed by atoms with E-state index in [0.29, 0.717) is 25.7 Å². The van der Waals surface area contributed by atoms with E-state index >= 15 is 0 Å². The molecule has 1 aliphatic rings. The van der Waals surface area contributed by atoms with Gasteiger partial charge in [-0.3, -0.25) is 9.59 Å². The van der Waals surface area contributed by atoms with Crippen LogP contribution in [0.15, 0.2) is 0 Å². The Bertz CT molecular complexity index is 461. The van der Waals surface area contributed by atoms with Crippen LogP contribution in [0.3, 0.4) is 0 Å². The van der Waals surface area contributed by atoms with Crippen molar-refractivity contribution in [3.8, 4) is 0 Å². The van der Waals surface area contributed by atoms with Crippen LogP contribution in [-0.4, -0.2) is 31.7 Å². The second-order valence-corrected chi connectivity index (χ2v) is 9.74. The molecule has 0 radical (unpaired) electrons. The van der Waals surface area contributed by atoms with E-state index in [9.17, 15) is 9.59 Å². The molecule has 6 heteroatoms. The first kappa shape index (κ1) is 27.6. The summed E-state index contributed by atoms with van der Waals surface area (Å²) in [6, 6.07) is 0. The number of carbonyl (C=O) groups excluding carboxylic acids is 2. The van der Waals surface area contributed by atoms with E-state index in [2.05, 4.69) is 27.7 Å². The number of halogens is 2. The fourth-order valence-electron chi connectivity index (χ4n) is 4.66. The summed E-state index contributed by atoms with van der Waals surface area (Å²) in [5, 5.41) is 0. The smallest absolute Gasteiger partial charge is 0.265 e. The molecule has 1 fully saturated rings. The molecule has 0 aromatic heterocycles. The summed E-state index contributed by atoms with van der Waals surface area (Å²) in [5.41, 5.74) is -2.02. The van der Waals surface area contributed by atoms with Gasteiger partial charge in [-0.25, -0.2) is 8.84 Å². The van der Waals surface area contributed by atoms with Gasteiger partial charge in [0.05, 0.1) is 0 Å². The molecule has 1 heterocycles. The minimum Gasteiger partial charge on any atom is -0.271 e. The Hall–Kier alpha value is -0.480. The van der Waals surface area contributed by atoms with Crippen LogP contribution in [0.25, 0.3) is 0 Å². The molecule has 0 spiro atoms. The molecule has 1 rings (SSSR count). The minimum absolute atomic E-state index is 0.168. The summed E-state index contributed by atoms with van der Waals surface area (Å²) in [4.78, 5) is 27.6. The standard InChI is InChI=1S/C24H44Cl2N2O2/c1-5-9-13-17-23(18-14-10-6-2)21(29)28(26)24(19-15-11-7-3,20-16-12-8-4)22(30)27(23)25/h5-20H2,1-4H3. The maximum atomic E-state index is 13.8. The van der Waals surface area contributed by atoms with Gasteiger partial charge in [-0.2, -0.15) is 0 Å². The molecule has 0 aromatic carbocycles. The molecule has 0 aromatic rings. The fraction of sp³-hybridized carbons (Fsp3) is 0.917. The average Bonchev–Trinajstić information content (AvgIpc) is 2.74. The van der Waals surface area contributed by atoms with Crippen LogP contribution in [0.2, 0.25) is 0 Å². The largest absolute Gasteiger partial charge is 0.271 e. The maximum absolute atomic E-state index is 13.8.